The second-order valence-corrected chi connectivity index (χ2v) is 4.55. The highest BCUT2D eigenvalue weighted by atomic mass is 16.1. The van der Waals surface area contributed by atoms with Crippen LogP contribution in [0.1, 0.15) is 29.4 Å². The molecule has 0 fully saturated rings. The molecule has 2 heterocycles. The number of nitrogens with two attached hydrogens (primary N) is 1. The molecular weight excluding hydrogens is 256 g/mol. The van der Waals surface area contributed by atoms with E-state index < -0.39 is 0 Å². The molecule has 2 aromatic heterocycles. The number of nitrogens with zero attached hydrogens (tertiary/aromatic N) is 4. The summed E-state index contributed by atoms with van der Waals surface area (Å²) >= 11 is 0. The number of carbonyl (C=O) groups excluding carboxylic acids is 1. The zero-order valence-corrected chi connectivity index (χ0v) is 11.8. The number of hydrogen-bond acceptors (Lipinski definition) is 4. The van der Waals surface area contributed by atoms with Crippen molar-refractivity contribution in [2.75, 3.05) is 11.9 Å². The molecule has 0 saturated heterocycles. The van der Waals surface area contributed by atoms with Crippen LogP contribution >= 0.6 is 0 Å². The molecule has 0 unspecified atom stereocenters. The van der Waals surface area contributed by atoms with Crippen LogP contribution in [0, 0.1) is 6.92 Å². The van der Waals surface area contributed by atoms with Crippen molar-refractivity contribution in [3.63, 3.8) is 0 Å². The minimum atomic E-state index is -0.169. The fourth-order valence-corrected chi connectivity index (χ4v) is 1.94. The summed E-state index contributed by atoms with van der Waals surface area (Å²) in [6.45, 7) is 5.98. The molecule has 3 N–H and O–H groups in total. The summed E-state index contributed by atoms with van der Waals surface area (Å²) < 4.78 is 3.56. The molecule has 0 saturated carbocycles. The minimum absolute atomic E-state index is 0.169. The fourth-order valence-electron chi connectivity index (χ4n) is 1.94. The Bertz CT molecular complexity index is 585. The maximum Gasteiger partial charge on any atom is 0.259 e. The summed E-state index contributed by atoms with van der Waals surface area (Å²) in [7, 11) is 0. The standard InChI is InChI=1S/C13H20N6O/c1-3-18-9-11(7-15-18)17-13(20)12-8-16-19(10(12)2)6-4-5-14/h7-9H,3-6,14H2,1-2H3,(H,17,20). The molecule has 0 aliphatic heterocycles. The Morgan fingerprint density at radius 3 is 2.85 bits per heavy atom. The zero-order valence-electron chi connectivity index (χ0n) is 11.8. The first-order valence-electron chi connectivity index (χ1n) is 6.72. The van der Waals surface area contributed by atoms with Crippen molar-refractivity contribution in [1.29, 1.82) is 0 Å². The largest absolute Gasteiger partial charge is 0.330 e. The molecular formula is C13H20N6O. The van der Waals surface area contributed by atoms with E-state index in [0.29, 0.717) is 17.8 Å². The van der Waals surface area contributed by atoms with Crippen LogP contribution in [0.3, 0.4) is 0 Å². The first-order valence-corrected chi connectivity index (χ1v) is 6.72. The number of aromatic nitrogens is 4. The predicted octanol–water partition coefficient (Wildman–Crippen LogP) is 1.01. The third kappa shape index (κ3) is 3.05. The highest BCUT2D eigenvalue weighted by molar-refractivity contribution is 6.04. The number of carbonyl (C=O) groups is 1. The molecule has 0 aromatic carbocycles. The summed E-state index contributed by atoms with van der Waals surface area (Å²) in [5, 5.41) is 11.2. The van der Waals surface area contributed by atoms with Gasteiger partial charge in [-0.25, -0.2) is 0 Å². The number of hydrogen-bond donors (Lipinski definition) is 2. The summed E-state index contributed by atoms with van der Waals surface area (Å²) in [6, 6.07) is 0. The van der Waals surface area contributed by atoms with Crippen LogP contribution in [0.15, 0.2) is 18.6 Å². The molecule has 0 radical (unpaired) electrons. The van der Waals surface area contributed by atoms with Crippen LogP contribution in [-0.4, -0.2) is 32.0 Å². The summed E-state index contributed by atoms with van der Waals surface area (Å²) in [4.78, 5) is 12.2. The lowest BCUT2D eigenvalue weighted by Gasteiger charge is -2.04. The SMILES string of the molecule is CCn1cc(NC(=O)c2cnn(CCCN)c2C)cn1. The third-order valence-electron chi connectivity index (χ3n) is 3.14. The van der Waals surface area contributed by atoms with Crippen LogP contribution in [0.5, 0.6) is 0 Å². The van der Waals surface area contributed by atoms with Gasteiger partial charge < -0.3 is 11.1 Å². The van der Waals surface area contributed by atoms with Gasteiger partial charge in [-0.15, -0.1) is 0 Å². The van der Waals surface area contributed by atoms with E-state index in [4.69, 9.17) is 5.73 Å². The number of aryl methyl sites for hydroxylation is 2. The second-order valence-electron chi connectivity index (χ2n) is 4.55. The van der Waals surface area contributed by atoms with Crippen molar-refractivity contribution in [1.82, 2.24) is 19.6 Å². The fraction of sp³-hybridized carbons (Fsp3) is 0.462. The Hall–Kier alpha value is -2.15. The van der Waals surface area contributed by atoms with E-state index in [9.17, 15) is 4.79 Å². The molecule has 7 heteroatoms. The van der Waals surface area contributed by atoms with Gasteiger partial charge in [0.2, 0.25) is 0 Å². The number of nitrogens with one attached hydrogen (secondary N) is 1. The van der Waals surface area contributed by atoms with E-state index in [1.165, 1.54) is 0 Å². The molecule has 1 amide bonds. The summed E-state index contributed by atoms with van der Waals surface area (Å²) in [6.07, 6.45) is 5.86. The van der Waals surface area contributed by atoms with Crippen LogP contribution in [0.2, 0.25) is 0 Å². The molecule has 2 rings (SSSR count). The van der Waals surface area contributed by atoms with Gasteiger partial charge in [0.05, 0.1) is 23.6 Å². The Balaban J connectivity index is 2.07. The van der Waals surface area contributed by atoms with Crippen molar-refractivity contribution in [3.8, 4) is 0 Å². The monoisotopic (exact) mass is 276 g/mol. The zero-order chi connectivity index (χ0) is 14.5. The molecule has 0 aliphatic carbocycles. The average molecular weight is 276 g/mol. The van der Waals surface area contributed by atoms with Crippen LogP contribution in [0.4, 0.5) is 5.69 Å². The Labute approximate surface area is 117 Å². The Morgan fingerprint density at radius 1 is 1.40 bits per heavy atom. The maximum absolute atomic E-state index is 12.2. The molecule has 0 atom stereocenters. The maximum atomic E-state index is 12.2. The van der Waals surface area contributed by atoms with Gasteiger partial charge in [0.1, 0.15) is 0 Å². The van der Waals surface area contributed by atoms with E-state index in [-0.39, 0.29) is 5.91 Å². The lowest BCUT2D eigenvalue weighted by Crippen LogP contribution is -2.13. The number of amides is 1. The van der Waals surface area contributed by atoms with Crippen molar-refractivity contribution in [3.05, 3.63) is 29.8 Å². The lowest BCUT2D eigenvalue weighted by atomic mass is 10.2. The first-order chi connectivity index (χ1) is 9.65. The van der Waals surface area contributed by atoms with Gasteiger partial charge in [-0.2, -0.15) is 10.2 Å². The van der Waals surface area contributed by atoms with Crippen LogP contribution < -0.4 is 11.1 Å². The highest BCUT2D eigenvalue weighted by Crippen LogP contribution is 2.12. The molecule has 0 spiro atoms. The molecule has 20 heavy (non-hydrogen) atoms. The van der Waals surface area contributed by atoms with Gasteiger partial charge >= 0.3 is 0 Å². The third-order valence-corrected chi connectivity index (χ3v) is 3.14. The van der Waals surface area contributed by atoms with Gasteiger partial charge in [-0.05, 0) is 26.8 Å². The predicted molar refractivity (Wildman–Crippen MR) is 76.5 cm³/mol. The van der Waals surface area contributed by atoms with Crippen molar-refractivity contribution >= 4 is 11.6 Å². The number of rotatable bonds is 6. The lowest BCUT2D eigenvalue weighted by molar-refractivity contribution is 0.102. The Kier molecular flexibility index (Phi) is 4.52. The molecule has 0 bridgehead atoms. The topological polar surface area (TPSA) is 90.8 Å². The van der Waals surface area contributed by atoms with Gasteiger partial charge in [0.25, 0.3) is 5.91 Å². The van der Waals surface area contributed by atoms with Gasteiger partial charge in [-0.3, -0.25) is 14.2 Å². The molecule has 0 aliphatic rings. The molecule has 2 aromatic rings. The first kappa shape index (κ1) is 14.3. The van der Waals surface area contributed by atoms with Crippen molar-refractivity contribution in [2.45, 2.75) is 33.4 Å². The average Bonchev–Trinajstić information content (AvgIpc) is 3.03. The number of anilines is 1. The van der Waals surface area contributed by atoms with Gasteiger partial charge in [-0.1, -0.05) is 0 Å². The van der Waals surface area contributed by atoms with E-state index >= 15 is 0 Å². The second kappa shape index (κ2) is 6.33. The van der Waals surface area contributed by atoms with Crippen molar-refractivity contribution < 1.29 is 4.79 Å². The molecule has 108 valence electrons. The van der Waals surface area contributed by atoms with E-state index in [1.807, 2.05) is 13.8 Å². The minimum Gasteiger partial charge on any atom is -0.330 e. The molecule has 7 nitrogen and oxygen atoms in total. The van der Waals surface area contributed by atoms with Gasteiger partial charge in [0, 0.05) is 25.0 Å². The van der Waals surface area contributed by atoms with Crippen LogP contribution in [-0.2, 0) is 13.1 Å². The van der Waals surface area contributed by atoms with Crippen molar-refractivity contribution in [2.24, 2.45) is 5.73 Å². The van der Waals surface area contributed by atoms with E-state index in [2.05, 4.69) is 15.5 Å². The van der Waals surface area contributed by atoms with E-state index in [1.54, 1.807) is 28.0 Å². The summed E-state index contributed by atoms with van der Waals surface area (Å²) in [5.74, 6) is -0.169. The van der Waals surface area contributed by atoms with Crippen LogP contribution in [0.25, 0.3) is 0 Å². The quantitative estimate of drug-likeness (QED) is 0.823. The highest BCUT2D eigenvalue weighted by Gasteiger charge is 2.14. The van der Waals surface area contributed by atoms with Gasteiger partial charge in [0.15, 0.2) is 0 Å². The Morgan fingerprint density at radius 2 is 2.20 bits per heavy atom. The smallest absolute Gasteiger partial charge is 0.259 e. The summed E-state index contributed by atoms with van der Waals surface area (Å²) in [5.41, 5.74) is 7.59. The van der Waals surface area contributed by atoms with E-state index in [0.717, 1.165) is 25.2 Å². The normalized spacial score (nSPS) is 10.8.